The fraction of sp³-hybridized carbons (Fsp3) is 0.333. The lowest BCUT2D eigenvalue weighted by molar-refractivity contribution is 0.149. The lowest BCUT2D eigenvalue weighted by Gasteiger charge is -2.28. The van der Waals surface area contributed by atoms with Gasteiger partial charge in [0.05, 0.1) is 12.6 Å². The van der Waals surface area contributed by atoms with Crippen LogP contribution in [0.2, 0.25) is 0 Å². The fourth-order valence-electron chi connectivity index (χ4n) is 4.00. The van der Waals surface area contributed by atoms with Gasteiger partial charge in [0.1, 0.15) is 0 Å². The summed E-state index contributed by atoms with van der Waals surface area (Å²) >= 11 is 7.55. The monoisotopic (exact) mass is 572 g/mol. The van der Waals surface area contributed by atoms with Gasteiger partial charge in [0.2, 0.25) is 0 Å². The molecule has 0 radical (unpaired) electrons. The molecule has 0 aliphatic rings. The van der Waals surface area contributed by atoms with E-state index in [2.05, 4.69) is 101 Å². The molecule has 1 aromatic heterocycles. The Morgan fingerprint density at radius 3 is 2.12 bits per heavy atom. The Balaban J connectivity index is 2.18. The van der Waals surface area contributed by atoms with Crippen molar-refractivity contribution in [2.45, 2.75) is 53.0 Å². The van der Waals surface area contributed by atoms with Crippen molar-refractivity contribution in [3.05, 3.63) is 85.6 Å². The molecule has 1 atom stereocenters. The molecule has 3 rings (SSSR count). The predicted octanol–water partition coefficient (Wildman–Crippen LogP) is 8.02. The third-order valence-corrected chi connectivity index (χ3v) is 6.96. The summed E-state index contributed by atoms with van der Waals surface area (Å²) in [6.07, 6.45) is 3.15. The summed E-state index contributed by atoms with van der Waals surface area (Å²) in [5.41, 5.74) is 7.58. The lowest BCUT2D eigenvalue weighted by Crippen LogP contribution is -2.31. The molecule has 0 aliphatic heterocycles. The Bertz CT molecular complexity index is 1110. The second kappa shape index (κ2) is 10.4. The van der Waals surface area contributed by atoms with Crippen LogP contribution in [0.4, 0.5) is 4.79 Å². The van der Waals surface area contributed by atoms with Crippen LogP contribution in [-0.2, 0) is 10.2 Å². The molecule has 33 heavy (non-hydrogen) atoms. The number of nitrogens with zero attached hydrogens (tertiary/aromatic N) is 1. The number of ether oxygens (including phenoxy) is 1. The van der Waals surface area contributed by atoms with Crippen LogP contribution in [0.25, 0.3) is 11.1 Å². The van der Waals surface area contributed by atoms with E-state index in [0.29, 0.717) is 6.61 Å². The minimum absolute atomic E-state index is 0.0324. The Kier molecular flexibility index (Phi) is 8.01. The maximum Gasteiger partial charge on any atom is 0.407 e. The van der Waals surface area contributed by atoms with Gasteiger partial charge in [0.15, 0.2) is 0 Å². The number of halogens is 2. The average molecular weight is 574 g/mol. The van der Waals surface area contributed by atoms with Crippen molar-refractivity contribution in [3.63, 3.8) is 0 Å². The van der Waals surface area contributed by atoms with Gasteiger partial charge in [-0.15, -0.1) is 0 Å². The molecule has 0 bridgehead atoms. The molecule has 6 heteroatoms. The van der Waals surface area contributed by atoms with Crippen molar-refractivity contribution in [1.82, 2.24) is 10.3 Å². The molecule has 2 aromatic carbocycles. The number of benzene rings is 2. The summed E-state index contributed by atoms with van der Waals surface area (Å²) in [4.78, 5) is 16.8. The second-order valence-corrected chi connectivity index (χ2v) is 10.9. The van der Waals surface area contributed by atoms with E-state index in [4.69, 9.17) is 4.74 Å². The summed E-state index contributed by atoms with van der Waals surface area (Å²) in [7, 11) is 0. The normalized spacial score (nSPS) is 12.4. The number of pyridine rings is 1. The predicted molar refractivity (Wildman–Crippen MR) is 142 cm³/mol. The number of alkyl carbamates (subject to hydrolysis) is 1. The van der Waals surface area contributed by atoms with Gasteiger partial charge >= 0.3 is 6.09 Å². The van der Waals surface area contributed by atoms with Gasteiger partial charge < -0.3 is 10.1 Å². The van der Waals surface area contributed by atoms with Gasteiger partial charge in [-0.3, -0.25) is 4.98 Å². The third kappa shape index (κ3) is 5.85. The highest BCUT2D eigenvalue weighted by Gasteiger charge is 2.27. The number of hydrogen-bond acceptors (Lipinski definition) is 3. The van der Waals surface area contributed by atoms with Crippen LogP contribution in [-0.4, -0.2) is 17.7 Å². The average Bonchev–Trinajstić information content (AvgIpc) is 2.72. The molecule has 4 nitrogen and oxygen atoms in total. The molecule has 0 saturated carbocycles. The number of amides is 1. The third-order valence-electron chi connectivity index (χ3n) is 5.65. The van der Waals surface area contributed by atoms with Crippen molar-refractivity contribution in [2.24, 2.45) is 0 Å². The minimum atomic E-state index is -0.448. The van der Waals surface area contributed by atoms with Crippen LogP contribution in [0.1, 0.15) is 61.6 Å². The van der Waals surface area contributed by atoms with Gasteiger partial charge in [-0.2, -0.15) is 0 Å². The van der Waals surface area contributed by atoms with Gasteiger partial charge in [-0.05, 0) is 72.2 Å². The molecular weight excluding hydrogens is 544 g/mol. The number of aryl methyl sites for hydroxylation is 2. The number of aromatic nitrogens is 1. The number of nitrogens with one attached hydrogen (secondary N) is 1. The number of hydrogen-bond donors (Lipinski definition) is 1. The van der Waals surface area contributed by atoms with Crippen molar-refractivity contribution in [3.8, 4) is 11.1 Å². The molecule has 1 N–H and O–H groups in total. The summed E-state index contributed by atoms with van der Waals surface area (Å²) < 4.78 is 7.03. The van der Waals surface area contributed by atoms with Crippen molar-refractivity contribution in [2.75, 3.05) is 6.61 Å². The van der Waals surface area contributed by atoms with E-state index < -0.39 is 12.1 Å². The van der Waals surface area contributed by atoms with Gasteiger partial charge in [0, 0.05) is 32.5 Å². The van der Waals surface area contributed by atoms with E-state index in [1.165, 1.54) is 5.56 Å². The van der Waals surface area contributed by atoms with E-state index >= 15 is 0 Å². The highest BCUT2D eigenvalue weighted by Crippen LogP contribution is 2.41. The maximum atomic E-state index is 12.6. The highest BCUT2D eigenvalue weighted by molar-refractivity contribution is 9.11. The fourth-order valence-corrected chi connectivity index (χ4v) is 5.65. The van der Waals surface area contributed by atoms with E-state index in [9.17, 15) is 4.79 Å². The minimum Gasteiger partial charge on any atom is -0.450 e. The first-order chi connectivity index (χ1) is 15.5. The molecule has 1 amide bonds. The number of carbonyl (C=O) groups excluding carboxylic acids is 1. The van der Waals surface area contributed by atoms with Crippen LogP contribution in [0.15, 0.2) is 57.7 Å². The van der Waals surface area contributed by atoms with Crippen molar-refractivity contribution in [1.29, 1.82) is 0 Å². The van der Waals surface area contributed by atoms with Gasteiger partial charge in [0.25, 0.3) is 0 Å². The molecule has 3 aromatic rings. The van der Waals surface area contributed by atoms with Gasteiger partial charge in [-0.25, -0.2) is 4.79 Å². The lowest BCUT2D eigenvalue weighted by atomic mass is 9.81. The van der Waals surface area contributed by atoms with Crippen molar-refractivity contribution >= 4 is 38.0 Å². The zero-order chi connectivity index (χ0) is 24.3. The Morgan fingerprint density at radius 2 is 1.64 bits per heavy atom. The first kappa shape index (κ1) is 25.4. The largest absolute Gasteiger partial charge is 0.450 e. The van der Waals surface area contributed by atoms with Crippen LogP contribution in [0, 0.1) is 13.8 Å². The van der Waals surface area contributed by atoms with Gasteiger partial charge in [-0.1, -0.05) is 70.8 Å². The summed E-state index contributed by atoms with van der Waals surface area (Å²) in [6, 6.07) is 12.1. The quantitative estimate of drug-likeness (QED) is 0.336. The van der Waals surface area contributed by atoms with Crippen LogP contribution in [0.3, 0.4) is 0 Å². The SMILES string of the molecule is CCOC(=O)NC(c1c(C)cc(C(C)(C)C)cc1C)c1c(Br)cc(-c2cccnc2)cc1Br. The van der Waals surface area contributed by atoms with E-state index in [1.54, 1.807) is 13.1 Å². The highest BCUT2D eigenvalue weighted by atomic mass is 79.9. The first-order valence-electron chi connectivity index (χ1n) is 11.0. The van der Waals surface area contributed by atoms with E-state index in [0.717, 1.165) is 42.3 Å². The standard InChI is InChI=1S/C27H30Br2N2O2/c1-7-33-26(32)31-25(23-16(2)11-20(12-17(23)3)27(4,5)6)24-21(28)13-19(14-22(24)29)18-9-8-10-30-15-18/h8-15,25H,7H2,1-6H3,(H,31,32). The zero-order valence-corrected chi connectivity index (χ0v) is 23.1. The molecule has 174 valence electrons. The maximum absolute atomic E-state index is 12.6. The Morgan fingerprint density at radius 1 is 1.03 bits per heavy atom. The van der Waals surface area contributed by atoms with E-state index in [-0.39, 0.29) is 5.41 Å². The Labute approximate surface area is 213 Å². The Hall–Kier alpha value is -2.18. The second-order valence-electron chi connectivity index (χ2n) is 9.17. The first-order valence-corrected chi connectivity index (χ1v) is 12.6. The van der Waals surface area contributed by atoms with Crippen LogP contribution in [0.5, 0.6) is 0 Å². The molecule has 0 aliphatic carbocycles. The number of carbonyl (C=O) groups is 1. The van der Waals surface area contributed by atoms with Crippen LogP contribution >= 0.6 is 31.9 Å². The molecule has 0 spiro atoms. The zero-order valence-electron chi connectivity index (χ0n) is 19.9. The topological polar surface area (TPSA) is 51.2 Å². The van der Waals surface area contributed by atoms with E-state index in [1.807, 2.05) is 18.3 Å². The molecular formula is C27H30Br2N2O2. The smallest absolute Gasteiger partial charge is 0.407 e. The summed E-state index contributed by atoms with van der Waals surface area (Å²) in [5.74, 6) is 0. The molecule has 0 saturated heterocycles. The molecule has 1 unspecified atom stereocenters. The van der Waals surface area contributed by atoms with Crippen LogP contribution < -0.4 is 5.32 Å². The molecule has 0 fully saturated rings. The summed E-state index contributed by atoms with van der Waals surface area (Å²) in [6.45, 7) is 12.9. The summed E-state index contributed by atoms with van der Waals surface area (Å²) in [5, 5.41) is 3.10. The number of rotatable bonds is 5. The molecule has 1 heterocycles. The van der Waals surface area contributed by atoms with Crippen molar-refractivity contribution < 1.29 is 9.53 Å².